The van der Waals surface area contributed by atoms with Crippen molar-refractivity contribution in [1.29, 1.82) is 0 Å². The Morgan fingerprint density at radius 2 is 1.81 bits per heavy atom. The fraction of sp³-hybridized carbons (Fsp3) is 0.577. The Labute approximate surface area is 209 Å². The average Bonchev–Trinajstić information content (AvgIpc) is 3.38. The Kier molecular flexibility index (Phi) is 8.68. The number of nitrogens with zero attached hydrogens (tertiary/aromatic N) is 4. The third-order valence-corrected chi connectivity index (χ3v) is 7.25. The van der Waals surface area contributed by atoms with Crippen molar-refractivity contribution in [3.63, 3.8) is 0 Å². The normalized spacial score (nSPS) is 18.9. The largest absolute Gasteiger partial charge is 0.388 e. The maximum absolute atomic E-state index is 13.6. The number of hydrogen-bond donors (Lipinski definition) is 2. The molecule has 10 heteroatoms. The number of aliphatic hydroxyl groups is 1. The Bertz CT molecular complexity index is 1050. The van der Waals surface area contributed by atoms with Crippen LogP contribution in [0.25, 0.3) is 0 Å². The fourth-order valence-electron chi connectivity index (χ4n) is 5.01. The molecule has 2 aliphatic rings. The Hall–Kier alpha value is -2.85. The van der Waals surface area contributed by atoms with Crippen molar-refractivity contribution in [3.05, 3.63) is 58.6 Å². The van der Waals surface area contributed by atoms with Crippen molar-refractivity contribution < 1.29 is 18.7 Å². The number of rotatable bonds is 10. The molecule has 1 aromatic heterocycles. The quantitative estimate of drug-likeness (QED) is 0.518. The number of benzene rings is 1. The molecule has 0 saturated carbocycles. The number of piperidine rings is 1. The molecule has 1 atom stereocenters. The van der Waals surface area contributed by atoms with Crippen molar-refractivity contribution in [2.75, 3.05) is 44.6 Å². The van der Waals surface area contributed by atoms with Gasteiger partial charge in [0.2, 0.25) is 12.3 Å². The zero-order valence-corrected chi connectivity index (χ0v) is 20.5. The van der Waals surface area contributed by atoms with Gasteiger partial charge in [-0.2, -0.15) is 0 Å². The number of nitrogens with one attached hydrogen (secondary N) is 1. The molecule has 0 bridgehead atoms. The minimum atomic E-state index is -2.64. The Balaban J connectivity index is 1.27. The highest BCUT2D eigenvalue weighted by atomic mass is 19.3. The van der Waals surface area contributed by atoms with Gasteiger partial charge in [-0.1, -0.05) is 30.3 Å². The molecule has 8 nitrogen and oxygen atoms in total. The fourth-order valence-corrected chi connectivity index (χ4v) is 5.01. The topological polar surface area (TPSA) is 90.7 Å². The van der Waals surface area contributed by atoms with Crippen molar-refractivity contribution in [2.24, 2.45) is 0 Å². The molecule has 2 N–H and O–H groups in total. The lowest BCUT2D eigenvalue weighted by molar-refractivity contribution is -0.137. The summed E-state index contributed by atoms with van der Waals surface area (Å²) in [6.07, 6.45) is 1.48. The van der Waals surface area contributed by atoms with Gasteiger partial charge in [0.15, 0.2) is 0 Å². The van der Waals surface area contributed by atoms with E-state index in [1.165, 1.54) is 34.7 Å². The van der Waals surface area contributed by atoms with E-state index < -0.39 is 17.9 Å². The number of aromatic nitrogens is 2. The molecule has 1 amide bonds. The molecule has 1 aromatic carbocycles. The van der Waals surface area contributed by atoms with E-state index in [9.17, 15) is 23.5 Å². The van der Waals surface area contributed by atoms with Crippen molar-refractivity contribution in [3.8, 4) is 0 Å². The standard InChI is InChI=1S/C26H35F2N5O3/c27-25(28)21(20-6-2-1-3-7-20)16-23(34)32-13-8-26(36,9-14-32)18-33-19-30-22(17-24(33)35)29-10-15-31-11-4-5-12-31/h1-3,6-7,17,19,21,25,29,36H,4-5,8-16,18H2. The molecular formula is C26H35F2N5O3. The van der Waals surface area contributed by atoms with Crippen molar-refractivity contribution >= 4 is 11.7 Å². The van der Waals surface area contributed by atoms with Crippen LogP contribution in [0.4, 0.5) is 14.6 Å². The van der Waals surface area contributed by atoms with E-state index in [1.54, 1.807) is 30.3 Å². The van der Waals surface area contributed by atoms with E-state index >= 15 is 0 Å². The Morgan fingerprint density at radius 1 is 1.11 bits per heavy atom. The van der Waals surface area contributed by atoms with Crippen LogP contribution in [0.2, 0.25) is 0 Å². The minimum Gasteiger partial charge on any atom is -0.388 e. The van der Waals surface area contributed by atoms with Gasteiger partial charge >= 0.3 is 0 Å². The molecule has 36 heavy (non-hydrogen) atoms. The molecule has 2 aromatic rings. The minimum absolute atomic E-state index is 0.0681. The van der Waals surface area contributed by atoms with Gasteiger partial charge in [-0.05, 0) is 44.3 Å². The van der Waals surface area contributed by atoms with Gasteiger partial charge in [-0.25, -0.2) is 13.8 Å². The molecule has 2 fully saturated rings. The number of amides is 1. The van der Waals surface area contributed by atoms with E-state index in [4.69, 9.17) is 0 Å². The van der Waals surface area contributed by atoms with E-state index in [0.29, 0.717) is 17.9 Å². The number of alkyl halides is 2. The van der Waals surface area contributed by atoms with Crippen LogP contribution in [0.1, 0.15) is 43.6 Å². The number of hydrogen-bond acceptors (Lipinski definition) is 6. The summed E-state index contributed by atoms with van der Waals surface area (Å²) >= 11 is 0. The molecule has 0 aliphatic carbocycles. The molecule has 0 spiro atoms. The first-order valence-electron chi connectivity index (χ1n) is 12.7. The van der Waals surface area contributed by atoms with Gasteiger partial charge in [-0.15, -0.1) is 0 Å². The van der Waals surface area contributed by atoms with Crippen molar-refractivity contribution in [2.45, 2.75) is 56.6 Å². The lowest BCUT2D eigenvalue weighted by atomic mass is 9.90. The zero-order valence-electron chi connectivity index (χ0n) is 20.5. The molecule has 0 radical (unpaired) electrons. The first-order chi connectivity index (χ1) is 17.3. The van der Waals surface area contributed by atoms with Crippen LogP contribution >= 0.6 is 0 Å². The molecular weight excluding hydrogens is 468 g/mol. The van der Waals surface area contributed by atoms with Gasteiger partial charge in [0.1, 0.15) is 5.82 Å². The zero-order chi connectivity index (χ0) is 25.5. The number of carbonyl (C=O) groups is 1. The second-order valence-electron chi connectivity index (χ2n) is 9.88. The summed E-state index contributed by atoms with van der Waals surface area (Å²) in [5, 5.41) is 14.2. The Morgan fingerprint density at radius 3 is 2.44 bits per heavy atom. The summed E-state index contributed by atoms with van der Waals surface area (Å²) in [6.45, 7) is 4.40. The summed E-state index contributed by atoms with van der Waals surface area (Å²) < 4.78 is 28.6. The first kappa shape index (κ1) is 26.2. The molecule has 2 saturated heterocycles. The number of anilines is 1. The van der Waals surface area contributed by atoms with Crippen LogP contribution in [0.5, 0.6) is 0 Å². The van der Waals surface area contributed by atoms with Crippen LogP contribution in [-0.2, 0) is 11.3 Å². The van der Waals surface area contributed by atoms with E-state index in [0.717, 1.165) is 19.6 Å². The summed E-state index contributed by atoms with van der Waals surface area (Å²) in [5.41, 5.74) is -0.993. The summed E-state index contributed by atoms with van der Waals surface area (Å²) in [5.74, 6) is -1.00. The summed E-state index contributed by atoms with van der Waals surface area (Å²) in [6, 6.07) is 9.77. The van der Waals surface area contributed by atoms with Crippen molar-refractivity contribution in [1.82, 2.24) is 19.4 Å². The van der Waals surface area contributed by atoms with Crippen LogP contribution < -0.4 is 10.9 Å². The first-order valence-corrected chi connectivity index (χ1v) is 12.7. The highest BCUT2D eigenvalue weighted by Gasteiger charge is 2.36. The number of carbonyl (C=O) groups excluding carboxylic acids is 1. The van der Waals surface area contributed by atoms with Gasteiger partial charge in [0.25, 0.3) is 5.56 Å². The number of likely N-dealkylation sites (tertiary alicyclic amines) is 2. The highest BCUT2D eigenvalue weighted by Crippen LogP contribution is 2.30. The molecule has 196 valence electrons. The lowest BCUT2D eigenvalue weighted by Crippen LogP contribution is -2.50. The average molecular weight is 504 g/mol. The van der Waals surface area contributed by atoms with Gasteiger partial charge < -0.3 is 20.2 Å². The molecule has 1 unspecified atom stereocenters. The van der Waals surface area contributed by atoms with E-state index in [-0.39, 0.29) is 50.4 Å². The van der Waals surface area contributed by atoms with Crippen LogP contribution in [0.3, 0.4) is 0 Å². The predicted molar refractivity (Wildman–Crippen MR) is 133 cm³/mol. The summed E-state index contributed by atoms with van der Waals surface area (Å²) in [7, 11) is 0. The lowest BCUT2D eigenvalue weighted by Gasteiger charge is -2.38. The molecule has 4 rings (SSSR count). The molecule has 2 aliphatic heterocycles. The van der Waals surface area contributed by atoms with Gasteiger partial charge in [-0.3, -0.25) is 14.2 Å². The van der Waals surface area contributed by atoms with Crippen LogP contribution in [-0.4, -0.2) is 81.7 Å². The maximum atomic E-state index is 13.6. The predicted octanol–water partition coefficient (Wildman–Crippen LogP) is 2.54. The third kappa shape index (κ3) is 6.88. The third-order valence-electron chi connectivity index (χ3n) is 7.25. The number of halogens is 2. The smallest absolute Gasteiger partial charge is 0.255 e. The maximum Gasteiger partial charge on any atom is 0.255 e. The van der Waals surface area contributed by atoms with Gasteiger partial charge in [0.05, 0.1) is 24.4 Å². The second-order valence-corrected chi connectivity index (χ2v) is 9.88. The monoisotopic (exact) mass is 503 g/mol. The molecule has 3 heterocycles. The summed E-state index contributed by atoms with van der Waals surface area (Å²) in [4.78, 5) is 33.6. The SMILES string of the molecule is O=C(CC(c1ccccc1)C(F)F)N1CCC(O)(Cn2cnc(NCCN3CCCC3)cc2=O)CC1. The van der Waals surface area contributed by atoms with Crippen LogP contribution in [0, 0.1) is 0 Å². The van der Waals surface area contributed by atoms with E-state index in [2.05, 4.69) is 15.2 Å². The second kappa shape index (κ2) is 11.9. The van der Waals surface area contributed by atoms with Gasteiger partial charge in [0, 0.05) is 38.7 Å². The highest BCUT2D eigenvalue weighted by molar-refractivity contribution is 5.77. The van der Waals surface area contributed by atoms with Crippen LogP contribution in [0.15, 0.2) is 47.5 Å². The van der Waals surface area contributed by atoms with E-state index in [1.807, 2.05) is 0 Å².